The van der Waals surface area contributed by atoms with Gasteiger partial charge in [-0.1, -0.05) is 29.8 Å². The number of carbonyl (C=O) groups excluding carboxylic acids is 1. The molecule has 0 radical (unpaired) electrons. The SMILES string of the molecule is Cc1cccc(COc2ccc(C(=O)NC3CCC3)cn2)c1. The second kappa shape index (κ2) is 6.60. The van der Waals surface area contributed by atoms with Crippen molar-refractivity contribution < 1.29 is 9.53 Å². The molecule has 0 bridgehead atoms. The zero-order valence-electron chi connectivity index (χ0n) is 12.7. The summed E-state index contributed by atoms with van der Waals surface area (Å²) in [6, 6.07) is 12.0. The quantitative estimate of drug-likeness (QED) is 0.921. The molecule has 4 nitrogen and oxygen atoms in total. The van der Waals surface area contributed by atoms with Crippen LogP contribution >= 0.6 is 0 Å². The molecule has 3 rings (SSSR count). The van der Waals surface area contributed by atoms with Crippen molar-refractivity contribution in [2.24, 2.45) is 0 Å². The summed E-state index contributed by atoms with van der Waals surface area (Å²) >= 11 is 0. The molecule has 1 aliphatic carbocycles. The second-order valence-corrected chi connectivity index (χ2v) is 5.76. The number of nitrogens with zero attached hydrogens (tertiary/aromatic N) is 1. The van der Waals surface area contributed by atoms with Crippen molar-refractivity contribution in [3.8, 4) is 5.88 Å². The van der Waals surface area contributed by atoms with Crippen LogP contribution in [0.2, 0.25) is 0 Å². The van der Waals surface area contributed by atoms with Crippen LogP contribution in [0.4, 0.5) is 0 Å². The lowest BCUT2D eigenvalue weighted by atomic mass is 9.93. The topological polar surface area (TPSA) is 51.2 Å². The van der Waals surface area contributed by atoms with Crippen LogP contribution in [0.15, 0.2) is 42.6 Å². The molecular weight excluding hydrogens is 276 g/mol. The van der Waals surface area contributed by atoms with Gasteiger partial charge in [0, 0.05) is 18.3 Å². The molecule has 1 aliphatic rings. The van der Waals surface area contributed by atoms with E-state index in [1.54, 1.807) is 18.3 Å². The maximum atomic E-state index is 12.0. The smallest absolute Gasteiger partial charge is 0.253 e. The average molecular weight is 296 g/mol. The van der Waals surface area contributed by atoms with E-state index in [-0.39, 0.29) is 5.91 Å². The van der Waals surface area contributed by atoms with Crippen molar-refractivity contribution in [3.05, 3.63) is 59.3 Å². The lowest BCUT2D eigenvalue weighted by molar-refractivity contribution is 0.0916. The molecule has 22 heavy (non-hydrogen) atoms. The third-order valence-corrected chi connectivity index (χ3v) is 3.91. The molecule has 0 aliphatic heterocycles. The van der Waals surface area contributed by atoms with Crippen LogP contribution in [0.1, 0.15) is 40.7 Å². The second-order valence-electron chi connectivity index (χ2n) is 5.76. The van der Waals surface area contributed by atoms with E-state index >= 15 is 0 Å². The highest BCUT2D eigenvalue weighted by Gasteiger charge is 2.20. The van der Waals surface area contributed by atoms with Crippen LogP contribution in [0.25, 0.3) is 0 Å². The van der Waals surface area contributed by atoms with Crippen LogP contribution < -0.4 is 10.1 Å². The Morgan fingerprint density at radius 2 is 2.18 bits per heavy atom. The Labute approximate surface area is 130 Å². The van der Waals surface area contributed by atoms with Crippen LogP contribution in [0.3, 0.4) is 0 Å². The molecule has 2 aromatic rings. The number of rotatable bonds is 5. The Kier molecular flexibility index (Phi) is 4.37. The Morgan fingerprint density at radius 3 is 2.82 bits per heavy atom. The minimum absolute atomic E-state index is 0.0533. The summed E-state index contributed by atoms with van der Waals surface area (Å²) in [5.41, 5.74) is 2.89. The molecule has 4 heteroatoms. The van der Waals surface area contributed by atoms with E-state index < -0.39 is 0 Å². The monoisotopic (exact) mass is 296 g/mol. The molecule has 1 aromatic heterocycles. The number of ether oxygens (including phenoxy) is 1. The van der Waals surface area contributed by atoms with E-state index in [0.29, 0.717) is 24.1 Å². The fourth-order valence-electron chi connectivity index (χ4n) is 2.38. The Balaban J connectivity index is 1.55. The van der Waals surface area contributed by atoms with Crippen LogP contribution in [-0.4, -0.2) is 16.9 Å². The molecule has 0 atom stereocenters. The normalized spacial score (nSPS) is 14.2. The number of aromatic nitrogens is 1. The summed E-state index contributed by atoms with van der Waals surface area (Å²) in [5.74, 6) is 0.476. The summed E-state index contributed by atoms with van der Waals surface area (Å²) in [4.78, 5) is 16.2. The molecule has 0 spiro atoms. The number of hydrogen-bond acceptors (Lipinski definition) is 3. The Bertz CT molecular complexity index is 648. The van der Waals surface area contributed by atoms with E-state index in [0.717, 1.165) is 18.4 Å². The van der Waals surface area contributed by atoms with E-state index in [1.165, 1.54) is 12.0 Å². The summed E-state index contributed by atoms with van der Waals surface area (Å²) < 4.78 is 5.65. The molecule has 0 saturated heterocycles. The maximum Gasteiger partial charge on any atom is 0.253 e. The molecule has 114 valence electrons. The molecular formula is C18H20N2O2. The number of hydrogen-bond donors (Lipinski definition) is 1. The third-order valence-electron chi connectivity index (χ3n) is 3.91. The van der Waals surface area contributed by atoms with Crippen molar-refractivity contribution >= 4 is 5.91 Å². The number of benzene rings is 1. The van der Waals surface area contributed by atoms with Crippen LogP contribution in [-0.2, 0) is 6.61 Å². The Morgan fingerprint density at radius 1 is 1.32 bits per heavy atom. The standard InChI is InChI=1S/C18H20N2O2/c1-13-4-2-5-14(10-13)12-22-17-9-8-15(11-19-17)18(21)20-16-6-3-7-16/h2,4-5,8-11,16H,3,6-7,12H2,1H3,(H,20,21). The van der Waals surface area contributed by atoms with Gasteiger partial charge in [0.05, 0.1) is 5.56 Å². The first kappa shape index (κ1) is 14.6. The molecule has 1 N–H and O–H groups in total. The molecule has 1 heterocycles. The highest BCUT2D eigenvalue weighted by Crippen LogP contribution is 2.19. The van der Waals surface area contributed by atoms with Gasteiger partial charge in [-0.3, -0.25) is 4.79 Å². The van der Waals surface area contributed by atoms with Crippen molar-refractivity contribution in [2.45, 2.75) is 38.8 Å². The lowest BCUT2D eigenvalue weighted by Gasteiger charge is -2.26. The van der Waals surface area contributed by atoms with Gasteiger partial charge >= 0.3 is 0 Å². The summed E-state index contributed by atoms with van der Waals surface area (Å²) in [7, 11) is 0. The minimum Gasteiger partial charge on any atom is -0.473 e. The van der Waals surface area contributed by atoms with Gasteiger partial charge in [0.15, 0.2) is 0 Å². The van der Waals surface area contributed by atoms with Gasteiger partial charge in [-0.15, -0.1) is 0 Å². The highest BCUT2D eigenvalue weighted by atomic mass is 16.5. The average Bonchev–Trinajstić information content (AvgIpc) is 2.49. The molecule has 1 aromatic carbocycles. The van der Waals surface area contributed by atoms with Crippen LogP contribution in [0.5, 0.6) is 5.88 Å². The predicted molar refractivity (Wildman–Crippen MR) is 84.9 cm³/mol. The van der Waals surface area contributed by atoms with Gasteiger partial charge in [0.1, 0.15) is 6.61 Å². The first-order valence-electron chi connectivity index (χ1n) is 7.66. The van der Waals surface area contributed by atoms with Gasteiger partial charge in [-0.05, 0) is 37.8 Å². The fraction of sp³-hybridized carbons (Fsp3) is 0.333. The number of pyridine rings is 1. The molecule has 0 unspecified atom stereocenters. The molecule has 1 amide bonds. The van der Waals surface area contributed by atoms with Crippen LogP contribution in [0, 0.1) is 6.92 Å². The largest absolute Gasteiger partial charge is 0.473 e. The molecule has 1 saturated carbocycles. The first-order valence-corrected chi connectivity index (χ1v) is 7.66. The van der Waals surface area contributed by atoms with E-state index in [4.69, 9.17) is 4.74 Å². The van der Waals surface area contributed by atoms with Gasteiger partial charge in [0.2, 0.25) is 5.88 Å². The van der Waals surface area contributed by atoms with Gasteiger partial charge in [-0.25, -0.2) is 4.98 Å². The number of nitrogens with one attached hydrogen (secondary N) is 1. The number of aryl methyl sites for hydroxylation is 1. The van der Waals surface area contributed by atoms with Crippen molar-refractivity contribution in [3.63, 3.8) is 0 Å². The highest BCUT2D eigenvalue weighted by molar-refractivity contribution is 5.94. The van der Waals surface area contributed by atoms with Gasteiger partial charge in [-0.2, -0.15) is 0 Å². The lowest BCUT2D eigenvalue weighted by Crippen LogP contribution is -2.39. The predicted octanol–water partition coefficient (Wildman–Crippen LogP) is 3.25. The zero-order valence-corrected chi connectivity index (χ0v) is 12.7. The number of carbonyl (C=O) groups is 1. The summed E-state index contributed by atoms with van der Waals surface area (Å²) in [5, 5.41) is 3.00. The third kappa shape index (κ3) is 3.64. The van der Waals surface area contributed by atoms with E-state index in [1.807, 2.05) is 12.1 Å². The number of amides is 1. The van der Waals surface area contributed by atoms with Gasteiger partial charge < -0.3 is 10.1 Å². The molecule has 1 fully saturated rings. The minimum atomic E-state index is -0.0533. The van der Waals surface area contributed by atoms with Crippen molar-refractivity contribution in [1.29, 1.82) is 0 Å². The first-order chi connectivity index (χ1) is 10.7. The fourth-order valence-corrected chi connectivity index (χ4v) is 2.38. The Hall–Kier alpha value is -2.36. The zero-order chi connectivity index (χ0) is 15.4. The van der Waals surface area contributed by atoms with E-state index in [9.17, 15) is 4.79 Å². The van der Waals surface area contributed by atoms with E-state index in [2.05, 4.69) is 29.4 Å². The maximum absolute atomic E-state index is 12.0. The van der Waals surface area contributed by atoms with Crippen molar-refractivity contribution in [2.75, 3.05) is 0 Å². The summed E-state index contributed by atoms with van der Waals surface area (Å²) in [6.07, 6.45) is 4.93. The van der Waals surface area contributed by atoms with Gasteiger partial charge in [0.25, 0.3) is 5.91 Å². The van der Waals surface area contributed by atoms with Crippen molar-refractivity contribution in [1.82, 2.24) is 10.3 Å². The summed E-state index contributed by atoms with van der Waals surface area (Å²) in [6.45, 7) is 2.53.